The lowest BCUT2D eigenvalue weighted by molar-refractivity contribution is 0.302. The van der Waals surface area contributed by atoms with Crippen LogP contribution in [-0.4, -0.2) is 29.4 Å². The fourth-order valence-corrected chi connectivity index (χ4v) is 1.94. The van der Waals surface area contributed by atoms with Crippen LogP contribution in [0.15, 0.2) is 12.8 Å². The zero-order chi connectivity index (χ0) is 6.69. The second-order valence-electron chi connectivity index (χ2n) is 2.27. The van der Waals surface area contributed by atoms with E-state index in [1.165, 1.54) is 5.75 Å². The van der Waals surface area contributed by atoms with Crippen molar-refractivity contribution in [3.05, 3.63) is 12.8 Å². The van der Waals surface area contributed by atoms with E-state index in [-0.39, 0.29) is 10.9 Å². The summed E-state index contributed by atoms with van der Waals surface area (Å²) >= 11 is 0. The first-order valence-corrected chi connectivity index (χ1v) is 5.30. The quantitative estimate of drug-likeness (QED) is 0.525. The highest BCUT2D eigenvalue weighted by atomic mass is 32.2. The lowest BCUT2D eigenvalue weighted by Gasteiger charge is -2.31. The Bertz CT molecular complexity index is 97.2. The lowest BCUT2D eigenvalue weighted by Crippen LogP contribution is -2.40. The molecule has 1 saturated heterocycles. The molecule has 9 heavy (non-hydrogen) atoms. The van der Waals surface area contributed by atoms with E-state index in [1.807, 2.05) is 6.20 Å². The topological polar surface area (TPSA) is 15.3 Å². The molecule has 0 spiro atoms. The molecule has 1 N–H and O–H groups in total. The van der Waals surface area contributed by atoms with Crippen LogP contribution < -0.4 is 5.43 Å². The van der Waals surface area contributed by atoms with E-state index >= 15 is 0 Å². The molecule has 0 saturated carbocycles. The SMILES string of the molecule is C=CN1CC[SH](C)CN1. The highest BCUT2D eigenvalue weighted by Crippen LogP contribution is 2.20. The predicted molar refractivity (Wildman–Crippen MR) is 44.7 cm³/mol. The van der Waals surface area contributed by atoms with Gasteiger partial charge in [-0.05, 0) is 12.0 Å². The van der Waals surface area contributed by atoms with Gasteiger partial charge >= 0.3 is 0 Å². The van der Waals surface area contributed by atoms with Crippen molar-refractivity contribution in [2.75, 3.05) is 24.4 Å². The van der Waals surface area contributed by atoms with Crippen LogP contribution in [0.4, 0.5) is 0 Å². The van der Waals surface area contributed by atoms with Crippen molar-refractivity contribution in [3.63, 3.8) is 0 Å². The molecule has 0 aromatic rings. The number of hydrogen-bond donors (Lipinski definition) is 2. The molecule has 1 fully saturated rings. The van der Waals surface area contributed by atoms with Crippen molar-refractivity contribution in [1.29, 1.82) is 0 Å². The molecule has 0 aliphatic carbocycles. The maximum atomic E-state index is 3.68. The maximum absolute atomic E-state index is 3.68. The summed E-state index contributed by atoms with van der Waals surface area (Å²) < 4.78 is 0. The van der Waals surface area contributed by atoms with E-state index in [0.717, 1.165) is 12.4 Å². The summed E-state index contributed by atoms with van der Waals surface area (Å²) in [5, 5.41) is 2.06. The molecule has 2 nitrogen and oxygen atoms in total. The van der Waals surface area contributed by atoms with E-state index in [0.29, 0.717) is 0 Å². The Morgan fingerprint density at radius 1 is 1.78 bits per heavy atom. The summed E-state index contributed by atoms with van der Waals surface area (Å²) in [5.74, 6) is 2.50. The van der Waals surface area contributed by atoms with Crippen molar-refractivity contribution in [2.45, 2.75) is 0 Å². The fraction of sp³-hybridized carbons (Fsp3) is 0.667. The van der Waals surface area contributed by atoms with Gasteiger partial charge in [0.05, 0.1) is 0 Å². The molecular formula is C6H14N2S. The molecule has 1 rings (SSSR count). The number of hydrogen-bond acceptors (Lipinski definition) is 2. The Morgan fingerprint density at radius 3 is 3.00 bits per heavy atom. The van der Waals surface area contributed by atoms with E-state index in [1.54, 1.807) is 0 Å². The number of nitrogens with zero attached hydrogens (tertiary/aromatic N) is 1. The molecule has 3 heteroatoms. The van der Waals surface area contributed by atoms with Gasteiger partial charge in [0.2, 0.25) is 0 Å². The Labute approximate surface area is 59.2 Å². The highest BCUT2D eigenvalue weighted by Gasteiger charge is 2.07. The number of thiol groups is 1. The molecule has 0 bridgehead atoms. The smallest absolute Gasteiger partial charge is 0.0428 e. The van der Waals surface area contributed by atoms with E-state index in [9.17, 15) is 0 Å². The fourth-order valence-electron chi connectivity index (χ4n) is 0.804. The van der Waals surface area contributed by atoms with Gasteiger partial charge in [-0.1, -0.05) is 6.58 Å². The molecule has 0 amide bonds. The third-order valence-corrected chi connectivity index (χ3v) is 3.13. The van der Waals surface area contributed by atoms with Crippen LogP contribution in [0.5, 0.6) is 0 Å². The van der Waals surface area contributed by atoms with Gasteiger partial charge in [0, 0.05) is 18.6 Å². The van der Waals surface area contributed by atoms with Gasteiger partial charge in [-0.25, -0.2) is 16.3 Å². The van der Waals surface area contributed by atoms with E-state index in [4.69, 9.17) is 0 Å². The van der Waals surface area contributed by atoms with E-state index in [2.05, 4.69) is 23.3 Å². The molecule has 1 aliphatic rings. The monoisotopic (exact) mass is 146 g/mol. The predicted octanol–water partition coefficient (Wildman–Crippen LogP) is 0.539. The number of hydrazine groups is 1. The number of nitrogens with one attached hydrogen (secondary N) is 1. The minimum Gasteiger partial charge on any atom is -0.315 e. The molecule has 1 heterocycles. The first-order valence-electron chi connectivity index (χ1n) is 3.14. The third-order valence-electron chi connectivity index (χ3n) is 1.49. The summed E-state index contributed by atoms with van der Waals surface area (Å²) in [4.78, 5) is 0. The van der Waals surface area contributed by atoms with Crippen molar-refractivity contribution in [2.24, 2.45) is 0 Å². The van der Waals surface area contributed by atoms with Crippen molar-refractivity contribution < 1.29 is 0 Å². The van der Waals surface area contributed by atoms with Gasteiger partial charge in [0.1, 0.15) is 0 Å². The normalized spacial score (nSPS) is 32.1. The largest absolute Gasteiger partial charge is 0.315 e. The molecule has 54 valence electrons. The zero-order valence-electron chi connectivity index (χ0n) is 5.80. The average molecular weight is 146 g/mol. The van der Waals surface area contributed by atoms with Gasteiger partial charge in [-0.3, -0.25) is 0 Å². The van der Waals surface area contributed by atoms with Crippen LogP contribution in [-0.2, 0) is 0 Å². The van der Waals surface area contributed by atoms with Gasteiger partial charge in [-0.2, -0.15) is 0 Å². The standard InChI is InChI=1S/C6H14N2S/c1-3-8-4-5-9(2)6-7-8/h3,7,9H,1,4-6H2,2H3. The maximum Gasteiger partial charge on any atom is 0.0428 e. The average Bonchev–Trinajstić information content (AvgIpc) is 1.90. The molecular weight excluding hydrogens is 132 g/mol. The zero-order valence-corrected chi connectivity index (χ0v) is 6.69. The summed E-state index contributed by atoms with van der Waals surface area (Å²) in [6.45, 7) is 4.81. The van der Waals surface area contributed by atoms with Gasteiger partial charge < -0.3 is 5.01 Å². The molecule has 0 aromatic heterocycles. The van der Waals surface area contributed by atoms with Crippen molar-refractivity contribution in [3.8, 4) is 0 Å². The first-order chi connectivity index (χ1) is 4.33. The van der Waals surface area contributed by atoms with Gasteiger partial charge in [0.25, 0.3) is 0 Å². The Morgan fingerprint density at radius 2 is 2.56 bits per heavy atom. The minimum atomic E-state index is 0.275. The van der Waals surface area contributed by atoms with Crippen LogP contribution >= 0.6 is 10.9 Å². The van der Waals surface area contributed by atoms with Gasteiger partial charge in [-0.15, -0.1) is 0 Å². The molecule has 1 unspecified atom stereocenters. The molecule has 1 aliphatic heterocycles. The molecule has 0 aromatic carbocycles. The van der Waals surface area contributed by atoms with Crippen LogP contribution in [0.25, 0.3) is 0 Å². The minimum absolute atomic E-state index is 0.275. The van der Waals surface area contributed by atoms with Crippen molar-refractivity contribution >= 4 is 10.9 Å². The first kappa shape index (κ1) is 6.96. The summed E-state index contributed by atoms with van der Waals surface area (Å²) in [7, 11) is 0.275. The second kappa shape index (κ2) is 3.13. The number of rotatable bonds is 1. The van der Waals surface area contributed by atoms with Crippen LogP contribution in [0.3, 0.4) is 0 Å². The second-order valence-corrected chi connectivity index (χ2v) is 4.75. The van der Waals surface area contributed by atoms with Crippen molar-refractivity contribution in [1.82, 2.24) is 10.4 Å². The van der Waals surface area contributed by atoms with Crippen LogP contribution in [0, 0.1) is 0 Å². The highest BCUT2D eigenvalue weighted by molar-refractivity contribution is 8.16. The van der Waals surface area contributed by atoms with E-state index < -0.39 is 0 Å². The Balaban J connectivity index is 2.26. The third kappa shape index (κ3) is 1.91. The summed E-state index contributed by atoms with van der Waals surface area (Å²) in [5.41, 5.74) is 3.26. The summed E-state index contributed by atoms with van der Waals surface area (Å²) in [6, 6.07) is 0. The van der Waals surface area contributed by atoms with Crippen LogP contribution in [0.1, 0.15) is 0 Å². The summed E-state index contributed by atoms with van der Waals surface area (Å²) in [6.07, 6.45) is 4.17. The molecule has 1 atom stereocenters. The Hall–Kier alpha value is -0.150. The van der Waals surface area contributed by atoms with Crippen LogP contribution in [0.2, 0.25) is 0 Å². The van der Waals surface area contributed by atoms with Gasteiger partial charge in [0.15, 0.2) is 0 Å². The lowest BCUT2D eigenvalue weighted by atomic mass is 10.7. The molecule has 0 radical (unpaired) electrons. The Kier molecular flexibility index (Phi) is 2.42.